The van der Waals surface area contributed by atoms with Crippen LogP contribution in [0.3, 0.4) is 0 Å². The van der Waals surface area contributed by atoms with Gasteiger partial charge in [-0.05, 0) is 32.0 Å². The van der Waals surface area contributed by atoms with Gasteiger partial charge in [0.05, 0.1) is 16.3 Å². The van der Waals surface area contributed by atoms with E-state index in [9.17, 15) is 20.3 Å². The molecule has 1 heterocycles. The fourth-order valence-electron chi connectivity index (χ4n) is 2.30. The van der Waals surface area contributed by atoms with Gasteiger partial charge in [0.25, 0.3) is 5.69 Å². The van der Waals surface area contributed by atoms with Crippen LogP contribution in [0.1, 0.15) is 11.3 Å². The molecule has 0 unspecified atom stereocenters. The summed E-state index contributed by atoms with van der Waals surface area (Å²) in [5, 5.41) is 43.0. The first kappa shape index (κ1) is 17.1. The van der Waals surface area contributed by atoms with Crippen LogP contribution in [0.25, 0.3) is 5.69 Å². The smallest absolute Gasteiger partial charge is 0.271 e. The molecule has 132 valence electrons. The van der Waals surface area contributed by atoms with E-state index in [1.54, 1.807) is 19.1 Å². The summed E-state index contributed by atoms with van der Waals surface area (Å²) in [6.45, 7) is 3.59. The van der Waals surface area contributed by atoms with E-state index in [1.807, 2.05) is 19.1 Å². The minimum atomic E-state index is -0.601. The molecule has 0 spiro atoms. The normalized spacial score (nSPS) is 11.2. The molecule has 0 aliphatic carbocycles. The number of nitro groups is 1. The molecular weight excluding hydrogens is 338 g/mol. The second kappa shape index (κ2) is 6.63. The molecule has 9 nitrogen and oxygen atoms in total. The number of hydrogen-bond donors (Lipinski definition) is 2. The molecule has 0 saturated heterocycles. The highest BCUT2D eigenvalue weighted by Crippen LogP contribution is 2.36. The van der Waals surface area contributed by atoms with Crippen LogP contribution in [0, 0.1) is 24.0 Å². The molecule has 0 fully saturated rings. The summed E-state index contributed by atoms with van der Waals surface area (Å²) in [5.41, 5.74) is 1.93. The van der Waals surface area contributed by atoms with Gasteiger partial charge in [0.15, 0.2) is 5.69 Å². The molecule has 26 heavy (non-hydrogen) atoms. The molecule has 2 N–H and O–H groups in total. The number of benzene rings is 2. The molecule has 0 aliphatic rings. The summed E-state index contributed by atoms with van der Waals surface area (Å²) in [6.07, 6.45) is 0. The summed E-state index contributed by atoms with van der Waals surface area (Å²) < 4.78 is 1.32. The molecule has 2 aromatic carbocycles. The van der Waals surface area contributed by atoms with E-state index in [4.69, 9.17) is 0 Å². The Morgan fingerprint density at radius 3 is 2.42 bits per heavy atom. The molecule has 0 saturated carbocycles. The molecule has 0 amide bonds. The van der Waals surface area contributed by atoms with Crippen LogP contribution >= 0.6 is 0 Å². The highest BCUT2D eigenvalue weighted by molar-refractivity contribution is 5.58. The fraction of sp³-hybridized carbons (Fsp3) is 0.118. The average Bonchev–Trinajstić information content (AvgIpc) is 2.89. The summed E-state index contributed by atoms with van der Waals surface area (Å²) >= 11 is 0. The van der Waals surface area contributed by atoms with Gasteiger partial charge in [0, 0.05) is 12.1 Å². The van der Waals surface area contributed by atoms with E-state index in [0.717, 1.165) is 23.8 Å². The molecule has 3 rings (SSSR count). The second-order valence-electron chi connectivity index (χ2n) is 5.64. The SMILES string of the molecule is Cc1ccc(-n2nc(C)c(N=Nc3cc([N+](=O)[O-])ccc3O)c2O)cc1. The first-order chi connectivity index (χ1) is 12.4. The van der Waals surface area contributed by atoms with Crippen LogP contribution in [-0.4, -0.2) is 24.9 Å². The number of azo groups is 1. The highest BCUT2D eigenvalue weighted by Gasteiger charge is 2.16. The first-order valence-electron chi connectivity index (χ1n) is 7.61. The van der Waals surface area contributed by atoms with Gasteiger partial charge < -0.3 is 10.2 Å². The number of phenols is 1. The Morgan fingerprint density at radius 1 is 1.08 bits per heavy atom. The number of hydrogen-bond acceptors (Lipinski definition) is 7. The lowest BCUT2D eigenvalue weighted by molar-refractivity contribution is -0.384. The van der Waals surface area contributed by atoms with Crippen molar-refractivity contribution in [3.63, 3.8) is 0 Å². The fourth-order valence-corrected chi connectivity index (χ4v) is 2.30. The van der Waals surface area contributed by atoms with Gasteiger partial charge in [-0.1, -0.05) is 17.7 Å². The lowest BCUT2D eigenvalue weighted by Gasteiger charge is -2.03. The number of nitro benzene ring substituents is 1. The van der Waals surface area contributed by atoms with Crippen molar-refractivity contribution in [2.45, 2.75) is 13.8 Å². The van der Waals surface area contributed by atoms with Crippen molar-refractivity contribution < 1.29 is 15.1 Å². The molecule has 0 bridgehead atoms. The van der Waals surface area contributed by atoms with E-state index in [2.05, 4.69) is 15.3 Å². The number of phenolic OH excluding ortho intramolecular Hbond substituents is 1. The predicted molar refractivity (Wildman–Crippen MR) is 93.6 cm³/mol. The van der Waals surface area contributed by atoms with Crippen LogP contribution in [0.5, 0.6) is 11.6 Å². The van der Waals surface area contributed by atoms with Crippen LogP contribution in [-0.2, 0) is 0 Å². The molecular formula is C17H15N5O4. The quantitative estimate of drug-likeness (QED) is 0.412. The van der Waals surface area contributed by atoms with Gasteiger partial charge in [-0.3, -0.25) is 10.1 Å². The topological polar surface area (TPSA) is 126 Å². The highest BCUT2D eigenvalue weighted by atomic mass is 16.6. The number of nitrogens with zero attached hydrogens (tertiary/aromatic N) is 5. The van der Waals surface area contributed by atoms with Crippen molar-refractivity contribution >= 4 is 17.1 Å². The van der Waals surface area contributed by atoms with E-state index >= 15 is 0 Å². The Balaban J connectivity index is 1.98. The summed E-state index contributed by atoms with van der Waals surface area (Å²) in [5.74, 6) is -0.484. The predicted octanol–water partition coefficient (Wildman–Crippen LogP) is 4.22. The molecule has 3 aromatic rings. The number of non-ortho nitro benzene ring substituents is 1. The number of rotatable bonds is 4. The summed E-state index contributed by atoms with van der Waals surface area (Å²) in [4.78, 5) is 10.2. The Bertz CT molecular complexity index is 1010. The average molecular weight is 353 g/mol. The first-order valence-corrected chi connectivity index (χ1v) is 7.61. The van der Waals surface area contributed by atoms with Crippen molar-refractivity contribution in [1.29, 1.82) is 0 Å². The standard InChI is InChI=1S/C17H15N5O4/c1-10-3-5-12(6-4-10)21-17(24)16(11(2)20-21)19-18-14-9-13(22(25)26)7-8-15(14)23/h3-9,23-24H,1-2H3. The lowest BCUT2D eigenvalue weighted by Crippen LogP contribution is -1.95. The van der Waals surface area contributed by atoms with Crippen LogP contribution in [0.2, 0.25) is 0 Å². The third kappa shape index (κ3) is 3.22. The van der Waals surface area contributed by atoms with E-state index in [1.165, 1.54) is 4.68 Å². The third-order valence-electron chi connectivity index (χ3n) is 3.71. The van der Waals surface area contributed by atoms with Gasteiger partial charge in [-0.15, -0.1) is 10.2 Å². The van der Waals surface area contributed by atoms with E-state index in [0.29, 0.717) is 11.4 Å². The van der Waals surface area contributed by atoms with Crippen molar-refractivity contribution in [3.05, 3.63) is 63.8 Å². The molecule has 0 aliphatic heterocycles. The zero-order chi connectivity index (χ0) is 18.8. The number of aryl methyl sites for hydroxylation is 2. The van der Waals surface area contributed by atoms with Crippen molar-refractivity contribution in [1.82, 2.24) is 9.78 Å². The van der Waals surface area contributed by atoms with Crippen molar-refractivity contribution in [3.8, 4) is 17.3 Å². The maximum atomic E-state index is 10.8. The van der Waals surface area contributed by atoms with Crippen molar-refractivity contribution in [2.24, 2.45) is 10.2 Å². The van der Waals surface area contributed by atoms with Gasteiger partial charge in [-0.2, -0.15) is 9.78 Å². The van der Waals surface area contributed by atoms with Gasteiger partial charge in [0.2, 0.25) is 5.88 Å². The molecule has 1 aromatic heterocycles. The Labute approximate surface area is 148 Å². The van der Waals surface area contributed by atoms with Crippen LogP contribution < -0.4 is 0 Å². The molecule has 9 heteroatoms. The van der Waals surface area contributed by atoms with E-state index in [-0.39, 0.29) is 28.7 Å². The minimum absolute atomic E-state index is 0.0823. The zero-order valence-electron chi connectivity index (χ0n) is 14.0. The second-order valence-corrected chi connectivity index (χ2v) is 5.64. The number of aromatic hydroxyl groups is 2. The minimum Gasteiger partial charge on any atom is -0.506 e. The third-order valence-corrected chi connectivity index (χ3v) is 3.71. The maximum Gasteiger partial charge on any atom is 0.271 e. The largest absolute Gasteiger partial charge is 0.506 e. The number of aromatic nitrogens is 2. The summed E-state index contributed by atoms with van der Waals surface area (Å²) in [7, 11) is 0. The monoisotopic (exact) mass is 353 g/mol. The van der Waals surface area contributed by atoms with Gasteiger partial charge in [0.1, 0.15) is 11.4 Å². The van der Waals surface area contributed by atoms with E-state index < -0.39 is 4.92 Å². The van der Waals surface area contributed by atoms with Crippen LogP contribution in [0.15, 0.2) is 52.7 Å². The van der Waals surface area contributed by atoms with Gasteiger partial charge >= 0.3 is 0 Å². The molecule has 0 atom stereocenters. The Morgan fingerprint density at radius 2 is 1.77 bits per heavy atom. The van der Waals surface area contributed by atoms with Crippen LogP contribution in [0.4, 0.5) is 17.1 Å². The summed E-state index contributed by atoms with van der Waals surface area (Å²) in [6, 6.07) is 10.8. The zero-order valence-corrected chi connectivity index (χ0v) is 14.0. The van der Waals surface area contributed by atoms with Gasteiger partial charge in [-0.25, -0.2) is 0 Å². The lowest BCUT2D eigenvalue weighted by atomic mass is 10.2. The Kier molecular flexibility index (Phi) is 4.36. The molecule has 0 radical (unpaired) electrons. The Hall–Kier alpha value is -3.75. The maximum absolute atomic E-state index is 10.8. The van der Waals surface area contributed by atoms with Crippen molar-refractivity contribution in [2.75, 3.05) is 0 Å².